The van der Waals surface area contributed by atoms with Crippen molar-refractivity contribution in [1.82, 2.24) is 4.90 Å². The van der Waals surface area contributed by atoms with Crippen molar-refractivity contribution in [2.24, 2.45) is 0 Å². The van der Waals surface area contributed by atoms with Gasteiger partial charge in [-0.25, -0.2) is 0 Å². The van der Waals surface area contributed by atoms with Gasteiger partial charge in [-0.15, -0.1) is 0 Å². The Morgan fingerprint density at radius 3 is 2.15 bits per heavy atom. The van der Waals surface area contributed by atoms with Crippen LogP contribution < -0.4 is 0 Å². The third kappa shape index (κ3) is 2.10. The summed E-state index contributed by atoms with van der Waals surface area (Å²) in [4.78, 5) is 2.49. The molecule has 70 valence electrons. The van der Waals surface area contributed by atoms with Gasteiger partial charge in [0.25, 0.3) is 0 Å². The molecule has 0 aromatic heterocycles. The van der Waals surface area contributed by atoms with Crippen LogP contribution in [0.3, 0.4) is 0 Å². The molecular weight excluding hydrogens is 158 g/mol. The SMILES string of the molecule is CCc1ccc(CN2CCC2)cc1. The summed E-state index contributed by atoms with van der Waals surface area (Å²) in [6.07, 6.45) is 2.52. The topological polar surface area (TPSA) is 3.24 Å². The highest BCUT2D eigenvalue weighted by atomic mass is 15.2. The molecule has 1 aromatic carbocycles. The minimum Gasteiger partial charge on any atom is -0.299 e. The Morgan fingerprint density at radius 2 is 1.69 bits per heavy atom. The monoisotopic (exact) mass is 175 g/mol. The summed E-state index contributed by atoms with van der Waals surface area (Å²) < 4.78 is 0. The van der Waals surface area contributed by atoms with Crippen LogP contribution in [0, 0.1) is 0 Å². The summed E-state index contributed by atoms with van der Waals surface area (Å²) in [6, 6.07) is 9.01. The van der Waals surface area contributed by atoms with Crippen LogP contribution in [0.4, 0.5) is 0 Å². The predicted molar refractivity (Wildman–Crippen MR) is 55.7 cm³/mol. The Labute approximate surface area is 80.4 Å². The van der Waals surface area contributed by atoms with E-state index < -0.39 is 0 Å². The average Bonchev–Trinajstić information content (AvgIpc) is 2.12. The molecule has 0 bridgehead atoms. The Kier molecular flexibility index (Phi) is 2.65. The fourth-order valence-corrected chi connectivity index (χ4v) is 1.68. The van der Waals surface area contributed by atoms with E-state index in [2.05, 4.69) is 36.1 Å². The molecule has 0 spiro atoms. The maximum atomic E-state index is 2.49. The molecule has 1 aliphatic heterocycles. The molecule has 1 heterocycles. The van der Waals surface area contributed by atoms with Gasteiger partial charge in [0, 0.05) is 6.54 Å². The first kappa shape index (κ1) is 8.76. The van der Waals surface area contributed by atoms with Crippen molar-refractivity contribution in [2.75, 3.05) is 13.1 Å². The van der Waals surface area contributed by atoms with Gasteiger partial charge in [-0.3, -0.25) is 4.90 Å². The number of rotatable bonds is 3. The first-order chi connectivity index (χ1) is 6.38. The number of aryl methyl sites for hydroxylation is 1. The van der Waals surface area contributed by atoms with Gasteiger partial charge < -0.3 is 0 Å². The third-order valence-corrected chi connectivity index (χ3v) is 2.79. The lowest BCUT2D eigenvalue weighted by atomic mass is 10.1. The molecule has 1 nitrogen and oxygen atoms in total. The normalized spacial score (nSPS) is 17.0. The van der Waals surface area contributed by atoms with Crippen molar-refractivity contribution in [3.05, 3.63) is 35.4 Å². The van der Waals surface area contributed by atoms with E-state index in [1.54, 1.807) is 0 Å². The Balaban J connectivity index is 1.96. The minimum atomic E-state index is 1.14. The van der Waals surface area contributed by atoms with Gasteiger partial charge in [-0.05, 0) is 37.1 Å². The van der Waals surface area contributed by atoms with Crippen molar-refractivity contribution in [2.45, 2.75) is 26.3 Å². The molecule has 0 aliphatic carbocycles. The molecule has 0 unspecified atom stereocenters. The highest BCUT2D eigenvalue weighted by Crippen LogP contribution is 2.12. The van der Waals surface area contributed by atoms with Crippen LogP contribution >= 0.6 is 0 Å². The van der Waals surface area contributed by atoms with Crippen molar-refractivity contribution in [1.29, 1.82) is 0 Å². The van der Waals surface area contributed by atoms with Crippen molar-refractivity contribution in [3.63, 3.8) is 0 Å². The molecular formula is C12H17N. The number of benzene rings is 1. The molecule has 1 saturated heterocycles. The first-order valence-electron chi connectivity index (χ1n) is 5.18. The van der Waals surface area contributed by atoms with Crippen LogP contribution in [0.25, 0.3) is 0 Å². The molecule has 0 amide bonds. The second-order valence-corrected chi connectivity index (χ2v) is 3.80. The molecule has 1 fully saturated rings. The van der Waals surface area contributed by atoms with Gasteiger partial charge in [-0.2, -0.15) is 0 Å². The van der Waals surface area contributed by atoms with Crippen molar-refractivity contribution >= 4 is 0 Å². The van der Waals surface area contributed by atoms with Gasteiger partial charge in [0.1, 0.15) is 0 Å². The van der Waals surface area contributed by atoms with Crippen molar-refractivity contribution in [3.8, 4) is 0 Å². The summed E-state index contributed by atoms with van der Waals surface area (Å²) in [7, 11) is 0. The van der Waals surface area contributed by atoms with Gasteiger partial charge in [-0.1, -0.05) is 31.2 Å². The third-order valence-electron chi connectivity index (χ3n) is 2.79. The first-order valence-corrected chi connectivity index (χ1v) is 5.18. The van der Waals surface area contributed by atoms with Crippen LogP contribution in [-0.4, -0.2) is 18.0 Å². The Morgan fingerprint density at radius 1 is 1.08 bits per heavy atom. The molecule has 2 rings (SSSR count). The summed E-state index contributed by atoms with van der Waals surface area (Å²) in [6.45, 7) is 5.92. The minimum absolute atomic E-state index is 1.14. The van der Waals surface area contributed by atoms with E-state index in [1.165, 1.54) is 30.6 Å². The lowest BCUT2D eigenvalue weighted by Crippen LogP contribution is -2.36. The van der Waals surface area contributed by atoms with Crippen LogP contribution in [0.1, 0.15) is 24.5 Å². The standard InChI is InChI=1S/C12H17N/c1-2-11-4-6-12(7-5-11)10-13-8-3-9-13/h4-7H,2-3,8-10H2,1H3. The van der Waals surface area contributed by atoms with E-state index in [-0.39, 0.29) is 0 Å². The predicted octanol–water partition coefficient (Wildman–Crippen LogP) is 2.45. The molecule has 1 heteroatoms. The van der Waals surface area contributed by atoms with Crippen LogP contribution in [-0.2, 0) is 13.0 Å². The molecule has 0 saturated carbocycles. The highest BCUT2D eigenvalue weighted by molar-refractivity contribution is 5.22. The number of nitrogens with zero attached hydrogens (tertiary/aromatic N) is 1. The van der Waals surface area contributed by atoms with Crippen LogP contribution in [0.5, 0.6) is 0 Å². The lowest BCUT2D eigenvalue weighted by molar-refractivity contribution is 0.172. The van der Waals surface area contributed by atoms with E-state index in [9.17, 15) is 0 Å². The summed E-state index contributed by atoms with van der Waals surface area (Å²) in [5.41, 5.74) is 2.89. The summed E-state index contributed by atoms with van der Waals surface area (Å²) >= 11 is 0. The van der Waals surface area contributed by atoms with E-state index in [4.69, 9.17) is 0 Å². The fraction of sp³-hybridized carbons (Fsp3) is 0.500. The fourth-order valence-electron chi connectivity index (χ4n) is 1.68. The lowest BCUT2D eigenvalue weighted by Gasteiger charge is -2.30. The zero-order valence-corrected chi connectivity index (χ0v) is 8.29. The number of likely N-dealkylation sites (tertiary alicyclic amines) is 1. The molecule has 1 aliphatic rings. The van der Waals surface area contributed by atoms with E-state index in [1.807, 2.05) is 0 Å². The summed E-state index contributed by atoms with van der Waals surface area (Å²) in [5.74, 6) is 0. The Bertz CT molecular complexity index is 259. The summed E-state index contributed by atoms with van der Waals surface area (Å²) in [5, 5.41) is 0. The second-order valence-electron chi connectivity index (χ2n) is 3.80. The zero-order chi connectivity index (χ0) is 9.10. The average molecular weight is 175 g/mol. The smallest absolute Gasteiger partial charge is 0.0233 e. The molecule has 0 N–H and O–H groups in total. The van der Waals surface area contributed by atoms with Crippen molar-refractivity contribution < 1.29 is 0 Å². The largest absolute Gasteiger partial charge is 0.299 e. The zero-order valence-electron chi connectivity index (χ0n) is 8.29. The van der Waals surface area contributed by atoms with Crippen LogP contribution in [0.2, 0.25) is 0 Å². The van der Waals surface area contributed by atoms with E-state index in [0.29, 0.717) is 0 Å². The molecule has 1 aromatic rings. The molecule has 0 radical (unpaired) electrons. The number of hydrogen-bond acceptors (Lipinski definition) is 1. The second kappa shape index (κ2) is 3.93. The van der Waals surface area contributed by atoms with Gasteiger partial charge in [0.2, 0.25) is 0 Å². The quantitative estimate of drug-likeness (QED) is 0.682. The maximum absolute atomic E-state index is 2.49. The Hall–Kier alpha value is -0.820. The molecule has 0 atom stereocenters. The maximum Gasteiger partial charge on any atom is 0.0233 e. The van der Waals surface area contributed by atoms with Gasteiger partial charge in [0.15, 0.2) is 0 Å². The van der Waals surface area contributed by atoms with E-state index in [0.717, 1.165) is 13.0 Å². The number of hydrogen-bond donors (Lipinski definition) is 0. The highest BCUT2D eigenvalue weighted by Gasteiger charge is 2.12. The van der Waals surface area contributed by atoms with E-state index >= 15 is 0 Å². The van der Waals surface area contributed by atoms with Crippen LogP contribution in [0.15, 0.2) is 24.3 Å². The van der Waals surface area contributed by atoms with Gasteiger partial charge in [0.05, 0.1) is 0 Å². The van der Waals surface area contributed by atoms with Gasteiger partial charge >= 0.3 is 0 Å². The molecule has 13 heavy (non-hydrogen) atoms.